The third kappa shape index (κ3) is 4.52. The first kappa shape index (κ1) is 15.9. The van der Waals surface area contributed by atoms with Crippen LogP contribution in [0.4, 0.5) is 0 Å². The number of rotatable bonds is 4. The molecule has 1 aliphatic rings. The fourth-order valence-electron chi connectivity index (χ4n) is 1.53. The van der Waals surface area contributed by atoms with Crippen molar-refractivity contribution in [2.75, 3.05) is 29.6 Å². The topological polar surface area (TPSA) is 66.4 Å². The van der Waals surface area contributed by atoms with Crippen molar-refractivity contribution in [2.24, 2.45) is 0 Å². The Kier molecular flexibility index (Phi) is 5.49. The van der Waals surface area contributed by atoms with E-state index in [-0.39, 0.29) is 10.8 Å². The Balaban J connectivity index is 2.01. The van der Waals surface area contributed by atoms with Crippen molar-refractivity contribution in [2.45, 2.75) is 9.81 Å². The van der Waals surface area contributed by atoms with Gasteiger partial charge in [0.05, 0.1) is 9.94 Å². The summed E-state index contributed by atoms with van der Waals surface area (Å²) in [5, 5.41) is 10.4. The molecule has 1 aromatic rings. The quantitative estimate of drug-likeness (QED) is 0.859. The molecule has 4 nitrogen and oxygen atoms in total. The van der Waals surface area contributed by atoms with Crippen LogP contribution >= 0.6 is 46.5 Å². The van der Waals surface area contributed by atoms with Crippen molar-refractivity contribution < 1.29 is 13.5 Å². The highest BCUT2D eigenvalue weighted by atomic mass is 35.5. The summed E-state index contributed by atoms with van der Waals surface area (Å²) >= 11 is 10.0. The number of thioether (sulfide) groups is 2. The molecule has 0 aromatic carbocycles. The standard InChI is InChI=1S/C10H14ClNO3S4/c11-8-1-2-9(18-8)19(14,15)12-5-10(13)6-16-3-4-17-7-10/h1-2,12-13H,3-7H2. The van der Waals surface area contributed by atoms with Crippen LogP contribution in [0.25, 0.3) is 0 Å². The van der Waals surface area contributed by atoms with E-state index in [9.17, 15) is 13.5 Å². The Morgan fingerprint density at radius 2 is 1.95 bits per heavy atom. The molecule has 2 N–H and O–H groups in total. The van der Waals surface area contributed by atoms with E-state index in [1.807, 2.05) is 0 Å². The molecule has 1 aromatic heterocycles. The van der Waals surface area contributed by atoms with E-state index in [0.29, 0.717) is 15.8 Å². The first-order chi connectivity index (χ1) is 8.91. The van der Waals surface area contributed by atoms with Crippen molar-refractivity contribution in [3.8, 4) is 0 Å². The molecule has 0 spiro atoms. The Morgan fingerprint density at radius 1 is 1.32 bits per heavy atom. The summed E-state index contributed by atoms with van der Waals surface area (Å²) in [6.45, 7) is 0.0326. The predicted octanol–water partition coefficient (Wildman–Crippen LogP) is 1.89. The molecule has 19 heavy (non-hydrogen) atoms. The van der Waals surface area contributed by atoms with Gasteiger partial charge in [-0.3, -0.25) is 0 Å². The molecule has 1 fully saturated rings. The van der Waals surface area contributed by atoms with Crippen LogP contribution < -0.4 is 4.72 Å². The minimum atomic E-state index is -3.58. The van der Waals surface area contributed by atoms with Crippen LogP contribution in [0.15, 0.2) is 16.3 Å². The third-order valence-electron chi connectivity index (χ3n) is 2.52. The smallest absolute Gasteiger partial charge is 0.250 e. The van der Waals surface area contributed by atoms with Crippen molar-refractivity contribution in [1.29, 1.82) is 0 Å². The van der Waals surface area contributed by atoms with E-state index in [1.165, 1.54) is 6.07 Å². The second-order valence-corrected chi connectivity index (χ2v) is 10.1. The van der Waals surface area contributed by atoms with Gasteiger partial charge in [-0.25, -0.2) is 13.1 Å². The molecule has 9 heteroatoms. The van der Waals surface area contributed by atoms with Gasteiger partial charge in [0.2, 0.25) is 10.0 Å². The second kappa shape index (κ2) is 6.55. The number of halogens is 1. The van der Waals surface area contributed by atoms with E-state index in [4.69, 9.17) is 11.6 Å². The summed E-state index contributed by atoms with van der Waals surface area (Å²) in [5.41, 5.74) is -0.986. The van der Waals surface area contributed by atoms with E-state index in [1.54, 1.807) is 29.6 Å². The Labute approximate surface area is 130 Å². The fraction of sp³-hybridized carbons (Fsp3) is 0.600. The number of hydrogen-bond donors (Lipinski definition) is 2. The molecule has 0 atom stereocenters. The van der Waals surface area contributed by atoms with Gasteiger partial charge in [-0.2, -0.15) is 23.5 Å². The third-order valence-corrected chi connectivity index (χ3v) is 8.37. The predicted molar refractivity (Wildman–Crippen MR) is 84.1 cm³/mol. The van der Waals surface area contributed by atoms with Crippen LogP contribution in [-0.2, 0) is 10.0 Å². The van der Waals surface area contributed by atoms with Gasteiger partial charge < -0.3 is 5.11 Å². The molecule has 0 radical (unpaired) electrons. The van der Waals surface area contributed by atoms with Crippen LogP contribution in [0, 0.1) is 0 Å². The number of sulfonamides is 1. The van der Waals surface area contributed by atoms with Crippen molar-refractivity contribution >= 4 is 56.5 Å². The molecule has 2 rings (SSSR count). The fourth-order valence-corrected chi connectivity index (χ4v) is 6.70. The Morgan fingerprint density at radius 3 is 2.47 bits per heavy atom. The monoisotopic (exact) mass is 359 g/mol. The lowest BCUT2D eigenvalue weighted by molar-refractivity contribution is 0.0962. The zero-order valence-electron chi connectivity index (χ0n) is 9.96. The lowest BCUT2D eigenvalue weighted by Gasteiger charge is -2.25. The van der Waals surface area contributed by atoms with E-state index in [2.05, 4.69) is 4.72 Å². The molecule has 0 saturated carbocycles. The molecular formula is C10H14ClNO3S4. The van der Waals surface area contributed by atoms with Crippen molar-refractivity contribution in [3.05, 3.63) is 16.5 Å². The molecule has 0 amide bonds. The summed E-state index contributed by atoms with van der Waals surface area (Å²) in [4.78, 5) is 0. The molecule has 108 valence electrons. The number of nitrogens with one attached hydrogen (secondary N) is 1. The number of hydrogen-bond acceptors (Lipinski definition) is 6. The number of aliphatic hydroxyl groups is 1. The first-order valence-electron chi connectivity index (χ1n) is 5.54. The highest BCUT2D eigenvalue weighted by molar-refractivity contribution is 8.03. The normalized spacial score (nSPS) is 20.1. The van der Waals surface area contributed by atoms with Crippen LogP contribution in [0.2, 0.25) is 4.34 Å². The van der Waals surface area contributed by atoms with E-state index >= 15 is 0 Å². The molecule has 0 unspecified atom stereocenters. The molecular weight excluding hydrogens is 346 g/mol. The van der Waals surface area contributed by atoms with Gasteiger partial charge in [-0.05, 0) is 12.1 Å². The summed E-state index contributed by atoms with van der Waals surface area (Å²) in [6, 6.07) is 3.02. The molecule has 1 aliphatic heterocycles. The maximum Gasteiger partial charge on any atom is 0.250 e. The van der Waals surface area contributed by atoms with Gasteiger partial charge in [0.1, 0.15) is 4.21 Å². The van der Waals surface area contributed by atoms with Crippen LogP contribution in [0.1, 0.15) is 0 Å². The zero-order valence-corrected chi connectivity index (χ0v) is 14.0. The van der Waals surface area contributed by atoms with Crippen LogP contribution in [0.5, 0.6) is 0 Å². The lowest BCUT2D eigenvalue weighted by Crippen LogP contribution is -2.46. The van der Waals surface area contributed by atoms with Gasteiger partial charge >= 0.3 is 0 Å². The minimum absolute atomic E-state index is 0.0326. The summed E-state index contributed by atoms with van der Waals surface area (Å²) in [6.07, 6.45) is 0. The number of thiophene rings is 1. The van der Waals surface area contributed by atoms with Gasteiger partial charge in [0.15, 0.2) is 0 Å². The van der Waals surface area contributed by atoms with E-state index in [0.717, 1.165) is 22.8 Å². The molecule has 1 saturated heterocycles. The Bertz CT molecular complexity index is 523. The zero-order chi connectivity index (χ0) is 13.9. The molecule has 2 heterocycles. The summed E-state index contributed by atoms with van der Waals surface area (Å²) in [7, 11) is -3.58. The average Bonchev–Trinajstić information content (AvgIpc) is 2.68. The van der Waals surface area contributed by atoms with Gasteiger partial charge in [0.25, 0.3) is 0 Å². The average molecular weight is 360 g/mol. The highest BCUT2D eigenvalue weighted by Gasteiger charge is 2.31. The summed E-state index contributed by atoms with van der Waals surface area (Å²) in [5.74, 6) is 3.07. The minimum Gasteiger partial charge on any atom is -0.387 e. The van der Waals surface area contributed by atoms with Gasteiger partial charge in [-0.15, -0.1) is 11.3 Å². The maximum atomic E-state index is 12.0. The van der Waals surface area contributed by atoms with Gasteiger partial charge in [-0.1, -0.05) is 11.6 Å². The maximum absolute atomic E-state index is 12.0. The Hall–Kier alpha value is 0.560. The van der Waals surface area contributed by atoms with Crippen LogP contribution in [0.3, 0.4) is 0 Å². The van der Waals surface area contributed by atoms with Gasteiger partial charge in [0, 0.05) is 29.6 Å². The lowest BCUT2D eigenvalue weighted by atomic mass is 10.1. The van der Waals surface area contributed by atoms with E-state index < -0.39 is 15.6 Å². The van der Waals surface area contributed by atoms with Crippen LogP contribution in [-0.4, -0.2) is 48.7 Å². The second-order valence-electron chi connectivity index (χ2n) is 4.21. The first-order valence-corrected chi connectivity index (χ1v) is 10.5. The molecule has 0 bridgehead atoms. The van der Waals surface area contributed by atoms with Crippen molar-refractivity contribution in [1.82, 2.24) is 4.72 Å². The van der Waals surface area contributed by atoms with Crippen molar-refractivity contribution in [3.63, 3.8) is 0 Å². The summed E-state index contributed by atoms with van der Waals surface area (Å²) < 4.78 is 27.1. The molecule has 0 aliphatic carbocycles. The highest BCUT2D eigenvalue weighted by Crippen LogP contribution is 2.27. The SMILES string of the molecule is O=S(=O)(NCC1(O)CSCCSC1)c1ccc(Cl)s1. The largest absolute Gasteiger partial charge is 0.387 e.